The lowest BCUT2D eigenvalue weighted by molar-refractivity contribution is -0.233. The van der Waals surface area contributed by atoms with Crippen LogP contribution < -0.4 is 0 Å². The van der Waals surface area contributed by atoms with E-state index in [4.69, 9.17) is 9.47 Å². The molecule has 1 aliphatic rings. The van der Waals surface area contributed by atoms with Gasteiger partial charge in [-0.3, -0.25) is 0 Å². The largest absolute Gasteiger partial charge is 0.388 e. The number of aliphatic hydroxyl groups is 3. The van der Waals surface area contributed by atoms with Crippen LogP contribution in [0.5, 0.6) is 0 Å². The Morgan fingerprint density at radius 1 is 0.677 bits per heavy atom. The first-order valence-electron chi connectivity index (χ1n) is 10.5. The van der Waals surface area contributed by atoms with Gasteiger partial charge in [0.15, 0.2) is 0 Å². The molecular weight excluding hydrogens is 392 g/mol. The summed E-state index contributed by atoms with van der Waals surface area (Å²) in [6, 6.07) is 29.7. The molecule has 0 bridgehead atoms. The van der Waals surface area contributed by atoms with Crippen LogP contribution in [0, 0.1) is 0 Å². The van der Waals surface area contributed by atoms with Gasteiger partial charge in [0.1, 0.15) is 30.0 Å². The van der Waals surface area contributed by atoms with E-state index in [1.54, 1.807) is 6.92 Å². The molecule has 1 heterocycles. The molecule has 2 unspecified atom stereocenters. The predicted octanol–water partition coefficient (Wildman–Crippen LogP) is 2.87. The Bertz CT molecular complexity index is 851. The van der Waals surface area contributed by atoms with Crippen LogP contribution in [0.4, 0.5) is 0 Å². The van der Waals surface area contributed by atoms with E-state index in [0.29, 0.717) is 0 Å². The van der Waals surface area contributed by atoms with E-state index >= 15 is 0 Å². The Kier molecular flexibility index (Phi) is 6.51. The fraction of sp³-hybridized carbons (Fsp3) is 0.308. The third-order valence-electron chi connectivity index (χ3n) is 5.96. The van der Waals surface area contributed by atoms with Gasteiger partial charge >= 0.3 is 0 Å². The van der Waals surface area contributed by atoms with Crippen molar-refractivity contribution in [2.45, 2.75) is 43.0 Å². The van der Waals surface area contributed by atoms with Crippen molar-refractivity contribution in [2.75, 3.05) is 6.61 Å². The molecule has 162 valence electrons. The molecule has 0 saturated carbocycles. The summed E-state index contributed by atoms with van der Waals surface area (Å²) in [5, 5.41) is 30.8. The van der Waals surface area contributed by atoms with E-state index in [2.05, 4.69) is 0 Å². The van der Waals surface area contributed by atoms with Crippen LogP contribution in [0.15, 0.2) is 91.0 Å². The van der Waals surface area contributed by atoms with Gasteiger partial charge in [-0.15, -0.1) is 0 Å². The molecule has 0 spiro atoms. The molecule has 3 aromatic rings. The third kappa shape index (κ3) is 4.15. The molecule has 0 aromatic heterocycles. The maximum absolute atomic E-state index is 10.5. The zero-order valence-corrected chi connectivity index (χ0v) is 17.4. The van der Waals surface area contributed by atoms with Gasteiger partial charge in [0.2, 0.25) is 0 Å². The highest BCUT2D eigenvalue weighted by atomic mass is 16.6. The zero-order chi connectivity index (χ0) is 21.8. The van der Waals surface area contributed by atoms with Gasteiger partial charge in [-0.1, -0.05) is 91.0 Å². The lowest BCUT2D eigenvalue weighted by Gasteiger charge is -2.42. The monoisotopic (exact) mass is 420 g/mol. The normalized spacial score (nSPS) is 26.5. The molecule has 31 heavy (non-hydrogen) atoms. The summed E-state index contributed by atoms with van der Waals surface area (Å²) in [7, 11) is 0. The fourth-order valence-corrected chi connectivity index (χ4v) is 4.25. The van der Waals surface area contributed by atoms with E-state index in [1.807, 2.05) is 91.0 Å². The number of ether oxygens (including phenoxy) is 2. The molecule has 0 radical (unpaired) electrons. The maximum Gasteiger partial charge on any atom is 0.143 e. The summed E-state index contributed by atoms with van der Waals surface area (Å²) in [4.78, 5) is 0. The van der Waals surface area contributed by atoms with Crippen LogP contribution in [0.2, 0.25) is 0 Å². The second kappa shape index (κ2) is 9.30. The van der Waals surface area contributed by atoms with Gasteiger partial charge < -0.3 is 24.8 Å². The highest BCUT2D eigenvalue weighted by molar-refractivity contribution is 5.47. The van der Waals surface area contributed by atoms with E-state index in [1.165, 1.54) is 0 Å². The number of rotatable bonds is 6. The molecule has 1 aliphatic heterocycles. The number of hydrogen-bond acceptors (Lipinski definition) is 5. The molecule has 0 amide bonds. The second-order valence-electron chi connectivity index (χ2n) is 7.94. The molecular formula is C26H28O5. The van der Waals surface area contributed by atoms with Gasteiger partial charge in [-0.05, 0) is 23.6 Å². The van der Waals surface area contributed by atoms with E-state index in [9.17, 15) is 15.3 Å². The summed E-state index contributed by atoms with van der Waals surface area (Å²) in [5.74, 6) is 0. The molecule has 4 rings (SSSR count). The highest BCUT2D eigenvalue weighted by Crippen LogP contribution is 2.41. The van der Waals surface area contributed by atoms with Crippen LogP contribution in [0.25, 0.3) is 0 Å². The van der Waals surface area contributed by atoms with Gasteiger partial charge in [0, 0.05) is 0 Å². The Labute approximate surface area is 182 Å². The first-order valence-corrected chi connectivity index (χ1v) is 10.5. The van der Waals surface area contributed by atoms with Crippen molar-refractivity contribution in [3.8, 4) is 0 Å². The number of benzene rings is 3. The summed E-state index contributed by atoms with van der Waals surface area (Å²) >= 11 is 0. The summed E-state index contributed by atoms with van der Waals surface area (Å²) in [6.45, 7) is 1.69. The smallest absolute Gasteiger partial charge is 0.143 e. The summed E-state index contributed by atoms with van der Waals surface area (Å²) in [6.07, 6.45) is -5.10. The van der Waals surface area contributed by atoms with Gasteiger partial charge in [-0.2, -0.15) is 0 Å². The van der Waals surface area contributed by atoms with Crippen LogP contribution in [0.3, 0.4) is 0 Å². The molecule has 1 fully saturated rings. The summed E-state index contributed by atoms with van der Waals surface area (Å²) in [5.41, 5.74) is 1.86. The average Bonchev–Trinajstić information content (AvgIpc) is 2.83. The standard InChI is InChI=1S/C26H28O5/c1-18-23(27)25(29)24(28)22(31-18)17-30-26(19-11-5-2-6-12-19,20-13-7-3-8-14-20)21-15-9-4-10-16-21/h2-16,18,22-25,27-29H,17H2,1H3/t18-,22?,23?,24+,25+/m0/s1. The van der Waals surface area contributed by atoms with E-state index < -0.39 is 36.1 Å². The van der Waals surface area contributed by atoms with Crippen molar-refractivity contribution in [2.24, 2.45) is 0 Å². The van der Waals surface area contributed by atoms with Crippen molar-refractivity contribution in [1.82, 2.24) is 0 Å². The van der Waals surface area contributed by atoms with Crippen LogP contribution >= 0.6 is 0 Å². The van der Waals surface area contributed by atoms with Gasteiger partial charge in [0.05, 0.1) is 12.7 Å². The molecule has 3 aromatic carbocycles. The first kappa shape index (κ1) is 21.7. The maximum atomic E-state index is 10.5. The molecule has 5 heteroatoms. The molecule has 5 nitrogen and oxygen atoms in total. The number of aliphatic hydroxyl groups excluding tert-OH is 3. The Hall–Kier alpha value is -2.54. The van der Waals surface area contributed by atoms with E-state index in [0.717, 1.165) is 16.7 Å². The third-order valence-corrected chi connectivity index (χ3v) is 5.96. The molecule has 5 atom stereocenters. The van der Waals surface area contributed by atoms with Crippen molar-refractivity contribution < 1.29 is 24.8 Å². The molecule has 3 N–H and O–H groups in total. The number of hydrogen-bond donors (Lipinski definition) is 3. The van der Waals surface area contributed by atoms with E-state index in [-0.39, 0.29) is 6.61 Å². The van der Waals surface area contributed by atoms with Crippen LogP contribution in [-0.2, 0) is 15.1 Å². The Morgan fingerprint density at radius 2 is 1.10 bits per heavy atom. The topological polar surface area (TPSA) is 79.2 Å². The average molecular weight is 421 g/mol. The minimum atomic E-state index is -1.29. The van der Waals surface area contributed by atoms with Gasteiger partial charge in [-0.25, -0.2) is 0 Å². The SMILES string of the molecule is C[C@@H]1OC(COC(c2ccccc2)(c2ccccc2)c2ccccc2)[C@@H](O)[C@H](O)C1O. The Balaban J connectivity index is 1.78. The highest BCUT2D eigenvalue weighted by Gasteiger charge is 2.44. The summed E-state index contributed by atoms with van der Waals surface area (Å²) < 4.78 is 12.5. The zero-order valence-electron chi connectivity index (χ0n) is 17.4. The minimum absolute atomic E-state index is 0.0218. The quantitative estimate of drug-likeness (QED) is 0.535. The van der Waals surface area contributed by atoms with Crippen molar-refractivity contribution in [1.29, 1.82) is 0 Å². The van der Waals surface area contributed by atoms with Gasteiger partial charge in [0.25, 0.3) is 0 Å². The van der Waals surface area contributed by atoms with Crippen molar-refractivity contribution in [3.05, 3.63) is 108 Å². The lowest BCUT2D eigenvalue weighted by atomic mass is 9.80. The second-order valence-corrected chi connectivity index (χ2v) is 7.94. The molecule has 0 aliphatic carbocycles. The molecule has 1 saturated heterocycles. The predicted molar refractivity (Wildman–Crippen MR) is 118 cm³/mol. The Morgan fingerprint density at radius 3 is 1.52 bits per heavy atom. The van der Waals surface area contributed by atoms with Crippen LogP contribution in [-0.4, -0.2) is 52.4 Å². The lowest BCUT2D eigenvalue weighted by Crippen LogP contribution is -2.58. The van der Waals surface area contributed by atoms with Crippen LogP contribution in [0.1, 0.15) is 23.6 Å². The van der Waals surface area contributed by atoms with Crippen molar-refractivity contribution >= 4 is 0 Å². The fourth-order valence-electron chi connectivity index (χ4n) is 4.25. The first-order chi connectivity index (χ1) is 15.0. The minimum Gasteiger partial charge on any atom is -0.388 e. The van der Waals surface area contributed by atoms with Crippen molar-refractivity contribution in [3.63, 3.8) is 0 Å².